The van der Waals surface area contributed by atoms with Crippen LogP contribution in [0.4, 0.5) is 0 Å². The summed E-state index contributed by atoms with van der Waals surface area (Å²) in [6, 6.07) is 43.9. The van der Waals surface area contributed by atoms with E-state index in [1.54, 1.807) is 0 Å². The van der Waals surface area contributed by atoms with Crippen LogP contribution >= 0.6 is 0 Å². The number of fused-ring (bicyclic) bond motifs is 3. The summed E-state index contributed by atoms with van der Waals surface area (Å²) in [5, 5.41) is 2.04. The maximum atomic E-state index is 6.48. The number of aromatic nitrogens is 3. The van der Waals surface area contributed by atoms with Crippen LogP contribution in [0.3, 0.4) is 0 Å². The third-order valence-electron chi connectivity index (χ3n) is 10.3. The van der Waals surface area contributed by atoms with E-state index in [2.05, 4.69) is 145 Å². The normalized spacial score (nSPS) is 11.3. The molecule has 0 atom stereocenters. The first-order valence-electron chi connectivity index (χ1n) is 18.9. The van der Waals surface area contributed by atoms with Crippen LogP contribution in [-0.4, -0.2) is 15.0 Å². The molecule has 0 fully saturated rings. The van der Waals surface area contributed by atoms with Gasteiger partial charge in [-0.05, 0) is 102 Å². The molecule has 0 saturated heterocycles. The molecule has 8 rings (SSSR count). The van der Waals surface area contributed by atoms with Gasteiger partial charge in [0.05, 0.1) is 11.3 Å². The van der Waals surface area contributed by atoms with Crippen LogP contribution in [0.2, 0.25) is 0 Å². The molecule has 0 aliphatic carbocycles. The Kier molecular flexibility index (Phi) is 12.2. The molecule has 0 amide bonds. The van der Waals surface area contributed by atoms with E-state index < -0.39 is 0 Å². The third-order valence-corrected chi connectivity index (χ3v) is 10.3. The largest absolute Gasteiger partial charge is 0.486 e. The number of hydrogen-bond acceptors (Lipinski definition) is 4. The minimum absolute atomic E-state index is 0. The fraction of sp³-hybridized carbons (Fsp3) is 0.220. The number of benzene rings is 4. The van der Waals surface area contributed by atoms with Crippen molar-refractivity contribution < 1.29 is 24.5 Å². The standard InChI is InChI=1S/C38H37N2O.C12H10N.Ir/c1-22(2)35(23(3)4)32-21-39-34(20-24(32)5)31-15-11-14-29-30-16-17-33(40-38(30)41-37(29)31)36-25(6)18-28(19-26(36)7)27-12-9-8-10-13-27;1-10-7-8-12(13-9-10)11-5-3-2-4-6-11;/h8-14,16-23,35H,1-7H3;2-5,7-9H,1H3;/q2*-1;. The summed E-state index contributed by atoms with van der Waals surface area (Å²) in [5.74, 6) is 1.57. The molecule has 55 heavy (non-hydrogen) atoms. The minimum Gasteiger partial charge on any atom is -0.486 e. The molecule has 4 aromatic heterocycles. The van der Waals surface area contributed by atoms with Crippen LogP contribution in [-0.2, 0) is 20.1 Å². The Morgan fingerprint density at radius 1 is 0.582 bits per heavy atom. The monoisotopic (exact) mass is 898 g/mol. The van der Waals surface area contributed by atoms with E-state index >= 15 is 0 Å². The average Bonchev–Trinajstić information content (AvgIpc) is 3.54. The molecule has 0 bridgehead atoms. The van der Waals surface area contributed by atoms with E-state index in [4.69, 9.17) is 14.4 Å². The van der Waals surface area contributed by atoms with Gasteiger partial charge in [-0.25, -0.2) is 4.98 Å². The SMILES string of the molecule is Cc1cc(-c2[c-]ccc3c2oc2nc(-c4c(C)cc(-c5ccccc5)cc4C)ccc23)ncc1C(C(C)C)C(C)C.Cc1ccc(-c2[c-]cccc2)nc1.[Ir]. The van der Waals surface area contributed by atoms with Crippen LogP contribution in [0, 0.1) is 51.7 Å². The van der Waals surface area contributed by atoms with Crippen molar-refractivity contribution in [1.29, 1.82) is 0 Å². The topological polar surface area (TPSA) is 51.8 Å². The fourth-order valence-electron chi connectivity index (χ4n) is 7.84. The number of aryl methyl sites for hydroxylation is 4. The summed E-state index contributed by atoms with van der Waals surface area (Å²) in [4.78, 5) is 14.3. The van der Waals surface area contributed by atoms with Gasteiger partial charge in [-0.3, -0.25) is 0 Å². The first-order valence-corrected chi connectivity index (χ1v) is 18.9. The van der Waals surface area contributed by atoms with Gasteiger partial charge >= 0.3 is 0 Å². The average molecular weight is 898 g/mol. The molecule has 1 radical (unpaired) electrons. The molecule has 0 spiro atoms. The van der Waals surface area contributed by atoms with E-state index in [-0.39, 0.29) is 20.1 Å². The minimum atomic E-state index is 0. The molecule has 0 aliphatic heterocycles. The summed E-state index contributed by atoms with van der Waals surface area (Å²) in [6.07, 6.45) is 3.93. The van der Waals surface area contributed by atoms with Gasteiger partial charge < -0.3 is 14.4 Å². The van der Waals surface area contributed by atoms with Crippen LogP contribution in [0.5, 0.6) is 0 Å². The van der Waals surface area contributed by atoms with E-state index in [0.717, 1.165) is 50.1 Å². The Labute approximate surface area is 339 Å². The van der Waals surface area contributed by atoms with E-state index in [0.29, 0.717) is 23.5 Å². The second-order valence-corrected chi connectivity index (χ2v) is 15.0. The first kappa shape index (κ1) is 39.5. The van der Waals surface area contributed by atoms with Crippen LogP contribution in [0.1, 0.15) is 61.4 Å². The van der Waals surface area contributed by atoms with Crippen molar-refractivity contribution in [3.63, 3.8) is 0 Å². The van der Waals surface area contributed by atoms with Crippen molar-refractivity contribution in [3.05, 3.63) is 162 Å². The Morgan fingerprint density at radius 3 is 1.91 bits per heavy atom. The Balaban J connectivity index is 0.000000310. The van der Waals surface area contributed by atoms with E-state index in [1.165, 1.54) is 38.9 Å². The van der Waals surface area contributed by atoms with Crippen LogP contribution in [0.25, 0.3) is 67.0 Å². The van der Waals surface area contributed by atoms with Gasteiger partial charge in [-0.2, -0.15) is 0 Å². The van der Waals surface area contributed by atoms with Gasteiger partial charge in [0.1, 0.15) is 0 Å². The molecule has 4 heterocycles. The summed E-state index contributed by atoms with van der Waals surface area (Å²) >= 11 is 0. The summed E-state index contributed by atoms with van der Waals surface area (Å²) in [7, 11) is 0. The second-order valence-electron chi connectivity index (χ2n) is 15.0. The van der Waals surface area contributed by atoms with Crippen molar-refractivity contribution in [1.82, 2.24) is 15.0 Å². The smallest absolute Gasteiger partial charge is 0.216 e. The number of pyridine rings is 3. The Hall–Kier alpha value is -5.22. The maximum absolute atomic E-state index is 6.48. The van der Waals surface area contributed by atoms with Crippen molar-refractivity contribution >= 4 is 22.1 Å². The molecule has 4 aromatic carbocycles. The van der Waals surface area contributed by atoms with Crippen LogP contribution in [0.15, 0.2) is 126 Å². The number of furan rings is 1. The number of nitrogens with zero attached hydrogens (tertiary/aromatic N) is 3. The zero-order valence-corrected chi connectivity index (χ0v) is 35.3. The molecule has 5 heteroatoms. The van der Waals surface area contributed by atoms with Gasteiger partial charge in [0.25, 0.3) is 0 Å². The predicted molar refractivity (Wildman–Crippen MR) is 224 cm³/mol. The Bertz CT molecular complexity index is 2510. The number of hydrogen-bond donors (Lipinski definition) is 0. The molecular weight excluding hydrogens is 851 g/mol. The predicted octanol–water partition coefficient (Wildman–Crippen LogP) is 13.4. The van der Waals surface area contributed by atoms with Crippen molar-refractivity contribution in [2.75, 3.05) is 0 Å². The third kappa shape index (κ3) is 8.39. The van der Waals surface area contributed by atoms with Crippen molar-refractivity contribution in [2.24, 2.45) is 11.8 Å². The van der Waals surface area contributed by atoms with E-state index in [9.17, 15) is 0 Å². The quantitative estimate of drug-likeness (QED) is 0.150. The van der Waals surface area contributed by atoms with Gasteiger partial charge in [-0.15, -0.1) is 54.1 Å². The van der Waals surface area contributed by atoms with Gasteiger partial charge in [-0.1, -0.05) is 105 Å². The zero-order chi connectivity index (χ0) is 37.9. The van der Waals surface area contributed by atoms with Gasteiger partial charge in [0, 0.05) is 43.4 Å². The molecule has 0 N–H and O–H groups in total. The molecule has 0 unspecified atom stereocenters. The zero-order valence-electron chi connectivity index (χ0n) is 32.9. The van der Waals surface area contributed by atoms with Crippen molar-refractivity contribution in [3.8, 4) is 44.9 Å². The van der Waals surface area contributed by atoms with E-state index in [1.807, 2.05) is 49.5 Å². The van der Waals surface area contributed by atoms with Crippen LogP contribution < -0.4 is 0 Å². The molecule has 4 nitrogen and oxygen atoms in total. The summed E-state index contributed by atoms with van der Waals surface area (Å²) in [5.41, 5.74) is 15.9. The molecular formula is C50H47IrN3O-2. The van der Waals surface area contributed by atoms with Gasteiger partial charge in [0.15, 0.2) is 0 Å². The van der Waals surface area contributed by atoms with Gasteiger partial charge in [0.2, 0.25) is 5.71 Å². The summed E-state index contributed by atoms with van der Waals surface area (Å²) < 4.78 is 6.48. The maximum Gasteiger partial charge on any atom is 0.216 e. The number of rotatable bonds is 7. The molecule has 0 aliphatic rings. The Morgan fingerprint density at radius 2 is 1.27 bits per heavy atom. The summed E-state index contributed by atoms with van der Waals surface area (Å²) in [6.45, 7) is 17.7. The second kappa shape index (κ2) is 17.1. The fourth-order valence-corrected chi connectivity index (χ4v) is 7.84. The molecule has 279 valence electrons. The molecule has 8 aromatic rings. The first-order chi connectivity index (χ1) is 26.1. The molecule has 0 saturated carbocycles. The van der Waals surface area contributed by atoms with Crippen molar-refractivity contribution in [2.45, 2.75) is 61.3 Å².